The Morgan fingerprint density at radius 2 is 2.25 bits per heavy atom. The van der Waals surface area contributed by atoms with E-state index in [1.54, 1.807) is 6.20 Å². The summed E-state index contributed by atoms with van der Waals surface area (Å²) >= 11 is 0. The monoisotopic (exact) mass is 224 g/mol. The van der Waals surface area contributed by atoms with Gasteiger partial charge in [-0.1, -0.05) is 6.92 Å². The summed E-state index contributed by atoms with van der Waals surface area (Å²) in [6.07, 6.45) is 6.44. The number of aromatic nitrogens is 2. The van der Waals surface area contributed by atoms with E-state index in [-0.39, 0.29) is 5.78 Å². The number of rotatable bonds is 8. The molecule has 0 aromatic carbocycles. The minimum absolute atomic E-state index is 0.249. The zero-order valence-electron chi connectivity index (χ0n) is 10.1. The Hall–Kier alpha value is -1.16. The van der Waals surface area contributed by atoms with Gasteiger partial charge in [-0.2, -0.15) is 0 Å². The van der Waals surface area contributed by atoms with Crippen molar-refractivity contribution in [3.05, 3.63) is 18.2 Å². The highest BCUT2D eigenvalue weighted by atomic mass is 16.5. The summed E-state index contributed by atoms with van der Waals surface area (Å²) in [5.41, 5.74) is 0. The molecule has 0 bridgehead atoms. The molecule has 0 spiro atoms. The van der Waals surface area contributed by atoms with E-state index in [2.05, 4.69) is 11.9 Å². The van der Waals surface area contributed by atoms with Gasteiger partial charge in [0, 0.05) is 45.3 Å². The van der Waals surface area contributed by atoms with Crippen molar-refractivity contribution in [2.24, 2.45) is 7.05 Å². The third-order valence-electron chi connectivity index (χ3n) is 2.42. The van der Waals surface area contributed by atoms with Crippen molar-refractivity contribution in [3.63, 3.8) is 0 Å². The van der Waals surface area contributed by atoms with Crippen LogP contribution in [0.4, 0.5) is 0 Å². The fourth-order valence-electron chi connectivity index (χ4n) is 1.45. The van der Waals surface area contributed by atoms with Gasteiger partial charge in [-0.3, -0.25) is 4.79 Å². The van der Waals surface area contributed by atoms with Crippen molar-refractivity contribution in [2.75, 3.05) is 13.2 Å². The standard InChI is InChI=1S/C12H20N2O2/c1-3-9-16-10-6-11(15)4-5-12-13-7-8-14(12)2/h7-8H,3-6,9-10H2,1-2H3. The van der Waals surface area contributed by atoms with Crippen molar-refractivity contribution >= 4 is 5.78 Å². The van der Waals surface area contributed by atoms with E-state index in [9.17, 15) is 4.79 Å². The predicted molar refractivity (Wildman–Crippen MR) is 62.3 cm³/mol. The van der Waals surface area contributed by atoms with Crippen LogP contribution in [0.25, 0.3) is 0 Å². The number of Topliss-reactive ketones (excluding diaryl/α,β-unsaturated/α-hetero) is 1. The SMILES string of the molecule is CCCOCCC(=O)CCc1nccn1C. The number of hydrogen-bond acceptors (Lipinski definition) is 3. The molecule has 90 valence electrons. The van der Waals surface area contributed by atoms with Crippen molar-refractivity contribution in [3.8, 4) is 0 Å². The second-order valence-corrected chi connectivity index (χ2v) is 3.86. The maximum absolute atomic E-state index is 11.5. The van der Waals surface area contributed by atoms with Crippen LogP contribution in [0, 0.1) is 0 Å². The highest BCUT2D eigenvalue weighted by molar-refractivity contribution is 5.78. The van der Waals surface area contributed by atoms with Gasteiger partial charge >= 0.3 is 0 Å². The first-order valence-electron chi connectivity index (χ1n) is 5.79. The van der Waals surface area contributed by atoms with Gasteiger partial charge in [0.25, 0.3) is 0 Å². The third-order valence-corrected chi connectivity index (χ3v) is 2.42. The van der Waals surface area contributed by atoms with Crippen molar-refractivity contribution in [1.82, 2.24) is 9.55 Å². The first-order chi connectivity index (χ1) is 7.74. The van der Waals surface area contributed by atoms with E-state index in [1.807, 2.05) is 17.8 Å². The number of carbonyl (C=O) groups excluding carboxylic acids is 1. The Kier molecular flexibility index (Phi) is 5.78. The normalized spacial score (nSPS) is 10.6. The summed E-state index contributed by atoms with van der Waals surface area (Å²) in [5.74, 6) is 1.21. The average molecular weight is 224 g/mol. The van der Waals surface area contributed by atoms with Crippen LogP contribution in [-0.4, -0.2) is 28.5 Å². The number of ketones is 1. The van der Waals surface area contributed by atoms with Crippen LogP contribution in [0.5, 0.6) is 0 Å². The molecule has 4 nitrogen and oxygen atoms in total. The Morgan fingerprint density at radius 1 is 1.44 bits per heavy atom. The van der Waals surface area contributed by atoms with E-state index in [1.165, 1.54) is 0 Å². The number of ether oxygens (including phenoxy) is 1. The lowest BCUT2D eigenvalue weighted by molar-refractivity contribution is -0.120. The summed E-state index contributed by atoms with van der Waals surface area (Å²) in [7, 11) is 1.94. The highest BCUT2D eigenvalue weighted by Crippen LogP contribution is 2.01. The van der Waals surface area contributed by atoms with Crippen LogP contribution in [-0.2, 0) is 23.0 Å². The molecule has 1 aromatic rings. The molecule has 0 aliphatic rings. The molecule has 0 radical (unpaired) electrons. The topological polar surface area (TPSA) is 44.1 Å². The zero-order chi connectivity index (χ0) is 11.8. The number of aryl methyl sites for hydroxylation is 2. The Bertz CT molecular complexity index is 321. The van der Waals surface area contributed by atoms with E-state index in [0.29, 0.717) is 19.4 Å². The molecular formula is C12H20N2O2. The van der Waals surface area contributed by atoms with Crippen LogP contribution in [0.3, 0.4) is 0 Å². The van der Waals surface area contributed by atoms with Gasteiger partial charge in [-0.25, -0.2) is 4.98 Å². The van der Waals surface area contributed by atoms with Crippen molar-refractivity contribution < 1.29 is 9.53 Å². The fraction of sp³-hybridized carbons (Fsp3) is 0.667. The van der Waals surface area contributed by atoms with Gasteiger partial charge in [0.15, 0.2) is 0 Å². The molecule has 0 unspecified atom stereocenters. The summed E-state index contributed by atoms with van der Waals surface area (Å²) < 4.78 is 7.22. The number of imidazole rings is 1. The second-order valence-electron chi connectivity index (χ2n) is 3.86. The van der Waals surface area contributed by atoms with Gasteiger partial charge < -0.3 is 9.30 Å². The molecule has 0 amide bonds. The van der Waals surface area contributed by atoms with E-state index < -0.39 is 0 Å². The van der Waals surface area contributed by atoms with Crippen LogP contribution in [0.2, 0.25) is 0 Å². The lowest BCUT2D eigenvalue weighted by Crippen LogP contribution is -2.07. The summed E-state index contributed by atoms with van der Waals surface area (Å²) in [4.78, 5) is 15.7. The van der Waals surface area contributed by atoms with E-state index >= 15 is 0 Å². The first-order valence-corrected chi connectivity index (χ1v) is 5.79. The van der Waals surface area contributed by atoms with Gasteiger partial charge in [0.1, 0.15) is 11.6 Å². The molecule has 1 rings (SSSR count). The maximum Gasteiger partial charge on any atom is 0.135 e. The van der Waals surface area contributed by atoms with Crippen molar-refractivity contribution in [2.45, 2.75) is 32.6 Å². The molecule has 4 heteroatoms. The quantitative estimate of drug-likeness (QED) is 0.632. The summed E-state index contributed by atoms with van der Waals surface area (Å²) in [6.45, 7) is 3.35. The average Bonchev–Trinajstić information content (AvgIpc) is 2.67. The molecule has 0 atom stereocenters. The molecule has 0 saturated carbocycles. The number of carbonyl (C=O) groups is 1. The minimum atomic E-state index is 0.249. The van der Waals surface area contributed by atoms with Crippen LogP contribution in [0.15, 0.2) is 12.4 Å². The molecule has 1 heterocycles. The van der Waals surface area contributed by atoms with Crippen LogP contribution < -0.4 is 0 Å². The van der Waals surface area contributed by atoms with Gasteiger partial charge in [-0.05, 0) is 6.42 Å². The predicted octanol–water partition coefficient (Wildman–Crippen LogP) is 1.74. The molecule has 0 aliphatic carbocycles. The first kappa shape index (κ1) is 12.9. The minimum Gasteiger partial charge on any atom is -0.381 e. The molecule has 0 saturated heterocycles. The Labute approximate surface area is 96.6 Å². The Balaban J connectivity index is 2.13. The van der Waals surface area contributed by atoms with E-state index in [0.717, 1.165) is 25.3 Å². The molecule has 0 fully saturated rings. The Morgan fingerprint density at radius 3 is 2.88 bits per heavy atom. The fourth-order valence-corrected chi connectivity index (χ4v) is 1.45. The van der Waals surface area contributed by atoms with Crippen LogP contribution in [0.1, 0.15) is 32.0 Å². The largest absolute Gasteiger partial charge is 0.381 e. The molecular weight excluding hydrogens is 204 g/mol. The number of hydrogen-bond donors (Lipinski definition) is 0. The third kappa shape index (κ3) is 4.57. The van der Waals surface area contributed by atoms with Gasteiger partial charge in [-0.15, -0.1) is 0 Å². The van der Waals surface area contributed by atoms with Gasteiger partial charge in [0.05, 0.1) is 6.61 Å². The molecule has 1 aromatic heterocycles. The van der Waals surface area contributed by atoms with Gasteiger partial charge in [0.2, 0.25) is 0 Å². The second kappa shape index (κ2) is 7.17. The summed E-state index contributed by atoms with van der Waals surface area (Å²) in [5, 5.41) is 0. The lowest BCUT2D eigenvalue weighted by atomic mass is 10.1. The molecule has 0 N–H and O–H groups in total. The number of nitrogens with zero attached hydrogens (tertiary/aromatic N) is 2. The molecule has 0 aliphatic heterocycles. The van der Waals surface area contributed by atoms with Crippen LogP contribution >= 0.6 is 0 Å². The summed E-state index contributed by atoms with van der Waals surface area (Å²) in [6, 6.07) is 0. The lowest BCUT2D eigenvalue weighted by Gasteiger charge is -2.03. The molecule has 16 heavy (non-hydrogen) atoms. The van der Waals surface area contributed by atoms with E-state index in [4.69, 9.17) is 4.74 Å². The van der Waals surface area contributed by atoms with Crippen molar-refractivity contribution in [1.29, 1.82) is 0 Å². The zero-order valence-corrected chi connectivity index (χ0v) is 10.1. The smallest absolute Gasteiger partial charge is 0.135 e. The maximum atomic E-state index is 11.5. The highest BCUT2D eigenvalue weighted by Gasteiger charge is 2.05.